The Hall–Kier alpha value is -9.81. The van der Waals surface area contributed by atoms with Crippen LogP contribution in [-0.4, -0.2) is 145 Å². The van der Waals surface area contributed by atoms with E-state index in [0.717, 1.165) is 248 Å². The van der Waals surface area contributed by atoms with E-state index >= 15 is 0 Å². The SMILES string of the molecule is Brc1csc2c(-c3cccc4[nH]ccc34)nc(N3CCCCC3)nc12.Brc1csc2c(-c3ccnc4[nH]ccc34)nc(N3CCCCC3)nc12.Cc1sc2c(-c3cccc4[nH]ccc34)nc(N3CCCCC3)nc2c1Br.Fc1ccc(-c2nc(N3CCCCC3)nc3c(Br)csc23)c2cc[nH]c12.Fc1ccc2[nH]ccc2c1-c1nc(N2CCCCC2)nc2c(Br)csc12. The van der Waals surface area contributed by atoms with Crippen molar-refractivity contribution in [3.05, 3.63) is 195 Å². The highest BCUT2D eigenvalue weighted by Gasteiger charge is 2.29. The maximum atomic E-state index is 14.9. The van der Waals surface area contributed by atoms with E-state index in [1.54, 1.807) is 68.9 Å². The highest BCUT2D eigenvalue weighted by molar-refractivity contribution is 9.11. The average molecular weight is 2120 g/mol. The number of aryl methyl sites for hydroxylation is 1. The molecule has 0 bridgehead atoms. The van der Waals surface area contributed by atoms with Crippen LogP contribution in [0.5, 0.6) is 0 Å². The monoisotopic (exact) mass is 2110 g/mol. The van der Waals surface area contributed by atoms with Crippen LogP contribution in [0.25, 0.3) is 162 Å². The molecular weight excluding hydrogens is 2030 g/mol. The molecule has 5 aliphatic rings. The van der Waals surface area contributed by atoms with E-state index in [9.17, 15) is 8.78 Å². The first-order valence-electron chi connectivity index (χ1n) is 43.4. The van der Waals surface area contributed by atoms with Crippen LogP contribution < -0.4 is 24.5 Å². The minimum absolute atomic E-state index is 0.248. The molecule has 20 aromatic rings. The molecule has 0 spiro atoms. The first kappa shape index (κ1) is 85.0. The average Bonchev–Trinajstić information content (AvgIpc) is 1.57. The van der Waals surface area contributed by atoms with E-state index in [0.29, 0.717) is 22.7 Å². The third kappa shape index (κ3) is 16.7. The zero-order chi connectivity index (χ0) is 86.6. The summed E-state index contributed by atoms with van der Waals surface area (Å²) < 4.78 is 39.5. The molecular formula is C95H84Br5F2N21S5. The molecule has 4 aromatic carbocycles. The Balaban J connectivity index is 0.0000000972. The number of H-pyrrole nitrogens is 5. The molecule has 5 fully saturated rings. The van der Waals surface area contributed by atoms with Crippen molar-refractivity contribution in [1.29, 1.82) is 0 Å². The Bertz CT molecular complexity index is 7330. The van der Waals surface area contributed by atoms with E-state index in [1.807, 2.05) is 66.0 Å². The van der Waals surface area contributed by atoms with Gasteiger partial charge in [0.15, 0.2) is 0 Å². The summed E-state index contributed by atoms with van der Waals surface area (Å²) in [7, 11) is 0. The quantitative estimate of drug-likeness (QED) is 0.0856. The van der Waals surface area contributed by atoms with E-state index in [-0.39, 0.29) is 11.6 Å². The van der Waals surface area contributed by atoms with Crippen LogP contribution in [0.1, 0.15) is 101 Å². The van der Waals surface area contributed by atoms with Crippen molar-refractivity contribution in [2.24, 2.45) is 0 Å². The molecule has 21 nitrogen and oxygen atoms in total. The predicted octanol–water partition coefficient (Wildman–Crippen LogP) is 27.9. The van der Waals surface area contributed by atoms with Gasteiger partial charge in [-0.05, 0) is 256 Å². The number of anilines is 5. The molecule has 5 N–H and O–H groups in total. The second kappa shape index (κ2) is 37.2. The number of halogens is 7. The summed E-state index contributed by atoms with van der Waals surface area (Å²) in [5, 5.41) is 13.4. The minimum Gasteiger partial charge on any atom is -0.361 e. The van der Waals surface area contributed by atoms with Gasteiger partial charge in [-0.25, -0.2) is 63.6 Å². The van der Waals surface area contributed by atoms with E-state index in [1.165, 1.54) is 122 Å². The number of hydrogen-bond acceptors (Lipinski definition) is 21. The second-order valence-electron chi connectivity index (χ2n) is 32.6. The van der Waals surface area contributed by atoms with Gasteiger partial charge in [0.1, 0.15) is 44.9 Å². The van der Waals surface area contributed by atoms with Gasteiger partial charge in [-0.3, -0.25) is 0 Å². The predicted molar refractivity (Wildman–Crippen MR) is 545 cm³/mol. The van der Waals surface area contributed by atoms with Crippen LogP contribution in [0.4, 0.5) is 38.5 Å². The number of aromatic amines is 5. The first-order valence-corrected chi connectivity index (χ1v) is 51.7. The molecule has 0 atom stereocenters. The van der Waals surface area contributed by atoms with Crippen molar-refractivity contribution in [1.82, 2.24) is 79.7 Å². The van der Waals surface area contributed by atoms with E-state index < -0.39 is 0 Å². The molecule has 0 amide bonds. The molecule has 5 saturated heterocycles. The second-order valence-corrected chi connectivity index (χ2v) is 41.6. The Morgan fingerprint density at radius 3 is 1.10 bits per heavy atom. The summed E-state index contributed by atoms with van der Waals surface area (Å²) in [5.41, 5.74) is 18.9. The standard InChI is InChI=1S/C20H19BrN4S.2C19H16BrFN4S.C19H17BrN4S.C18H16BrN5S/c1-12-16(21)18-19(26-12)17(14-6-5-7-15-13(14)8-9-22-15)23-20(24-18)25-10-3-2-4-11-25;20-12-10-26-18-16(12)23-19(25-8-2-1-3-9-25)24-17(18)15-11-6-7-22-14(11)5-4-13(15)21;20-13-10-26-18-16(11-4-5-14(21)15-12(11)6-7-22-15)23-19(24-17(13)18)25-8-2-1-3-9-25;20-14-11-25-18-16(13-5-4-6-15-12(13)7-8-21-15)22-19(23-17(14)18)24-9-2-1-3-10-24;19-13-10-25-16-14(11-4-6-20-17-12(11)5-7-21-17)22-18(23-15(13)16)24-8-2-1-3-9-24/h5-9,22H,2-4,10-11H2,1H3;2*4-7,10,22H,1-3,8-9H2;4-8,11,21H,1-3,9-10H2;4-7,10H,1-3,8-9H2,(H,20,21). The third-order valence-electron chi connectivity index (χ3n) is 24.5. The molecule has 0 unspecified atom stereocenters. The third-order valence-corrected chi connectivity index (χ3v) is 34.4. The zero-order valence-corrected chi connectivity index (χ0v) is 81.5. The maximum Gasteiger partial charge on any atom is 0.226 e. The van der Waals surface area contributed by atoms with Crippen molar-refractivity contribution in [3.63, 3.8) is 0 Å². The summed E-state index contributed by atoms with van der Waals surface area (Å²) in [6.45, 7) is 12.2. The largest absolute Gasteiger partial charge is 0.361 e. The van der Waals surface area contributed by atoms with Gasteiger partial charge in [0.25, 0.3) is 0 Å². The summed E-state index contributed by atoms with van der Waals surface area (Å²) >= 11 is 26.6. The Labute approximate surface area is 796 Å². The van der Waals surface area contributed by atoms with Gasteiger partial charge in [-0.2, -0.15) is 0 Å². The van der Waals surface area contributed by atoms with Crippen molar-refractivity contribution in [2.45, 2.75) is 103 Å². The van der Waals surface area contributed by atoms with Gasteiger partial charge in [0, 0.05) is 200 Å². The fourth-order valence-electron chi connectivity index (χ4n) is 18.1. The number of benzene rings is 4. The number of aromatic nitrogens is 16. The summed E-state index contributed by atoms with van der Waals surface area (Å²) in [5.74, 6) is 3.50. The van der Waals surface area contributed by atoms with Crippen LogP contribution >= 0.6 is 136 Å². The van der Waals surface area contributed by atoms with Gasteiger partial charge >= 0.3 is 0 Å². The molecule has 0 saturated carbocycles. The Kier molecular flexibility index (Phi) is 24.7. The molecule has 648 valence electrons. The van der Waals surface area contributed by atoms with Crippen LogP contribution in [0, 0.1) is 18.6 Å². The van der Waals surface area contributed by atoms with Crippen molar-refractivity contribution in [2.75, 3.05) is 89.9 Å². The number of thiophene rings is 5. The van der Waals surface area contributed by atoms with Crippen molar-refractivity contribution >= 4 is 272 Å². The first-order chi connectivity index (χ1) is 62.8. The molecule has 16 aromatic heterocycles. The van der Waals surface area contributed by atoms with Gasteiger partial charge < -0.3 is 49.4 Å². The molecule has 0 radical (unpaired) electrons. The smallest absolute Gasteiger partial charge is 0.226 e. The number of nitrogens with one attached hydrogen (secondary N) is 5. The van der Waals surface area contributed by atoms with Crippen LogP contribution in [-0.2, 0) is 0 Å². The van der Waals surface area contributed by atoms with Gasteiger partial charge in [0.05, 0.1) is 79.8 Å². The van der Waals surface area contributed by atoms with Crippen LogP contribution in [0.2, 0.25) is 0 Å². The van der Waals surface area contributed by atoms with E-state index in [4.69, 9.17) is 49.8 Å². The normalized spacial score (nSPS) is 15.3. The van der Waals surface area contributed by atoms with E-state index in [2.05, 4.69) is 206 Å². The number of piperidine rings is 5. The van der Waals surface area contributed by atoms with Gasteiger partial charge in [0.2, 0.25) is 29.7 Å². The molecule has 128 heavy (non-hydrogen) atoms. The minimum atomic E-state index is -0.258. The molecule has 21 heterocycles. The van der Waals surface area contributed by atoms with Gasteiger partial charge in [-0.1, -0.05) is 24.3 Å². The summed E-state index contributed by atoms with van der Waals surface area (Å²) in [6.07, 6.45) is 29.6. The van der Waals surface area contributed by atoms with Crippen molar-refractivity contribution < 1.29 is 8.78 Å². The molecule has 25 rings (SSSR count). The lowest BCUT2D eigenvalue weighted by molar-refractivity contribution is 0.569. The Morgan fingerprint density at radius 2 is 0.656 bits per heavy atom. The van der Waals surface area contributed by atoms with Crippen molar-refractivity contribution in [3.8, 4) is 56.3 Å². The topological polar surface area (TPSA) is 237 Å². The molecule has 33 heteroatoms. The lowest BCUT2D eigenvalue weighted by atomic mass is 10.1. The lowest BCUT2D eigenvalue weighted by Crippen LogP contribution is -2.31. The van der Waals surface area contributed by atoms with Gasteiger partial charge in [-0.15, -0.1) is 56.7 Å². The fourth-order valence-corrected chi connectivity index (χ4v) is 26.0. The highest BCUT2D eigenvalue weighted by atomic mass is 79.9. The summed E-state index contributed by atoms with van der Waals surface area (Å²) in [4.78, 5) is 82.3. The molecule has 0 aliphatic carbocycles. The van der Waals surface area contributed by atoms with Crippen LogP contribution in [0.15, 0.2) is 178 Å². The molecule has 5 aliphatic heterocycles. The Morgan fingerprint density at radius 1 is 0.312 bits per heavy atom. The number of pyridine rings is 1. The number of hydrogen-bond donors (Lipinski definition) is 5. The summed E-state index contributed by atoms with van der Waals surface area (Å²) in [6, 6.07) is 31.5. The number of rotatable bonds is 10. The van der Waals surface area contributed by atoms with Crippen LogP contribution in [0.3, 0.4) is 0 Å². The fraction of sp³-hybridized carbons (Fsp3) is 0.274. The zero-order valence-electron chi connectivity index (χ0n) is 69.5. The lowest BCUT2D eigenvalue weighted by Gasteiger charge is -2.27. The highest BCUT2D eigenvalue weighted by Crippen LogP contribution is 2.48. The number of nitrogens with zero attached hydrogens (tertiary/aromatic N) is 16. The maximum absolute atomic E-state index is 14.9. The number of fused-ring (bicyclic) bond motifs is 10.